The van der Waals surface area contributed by atoms with Crippen molar-refractivity contribution in [1.29, 1.82) is 5.26 Å². The van der Waals surface area contributed by atoms with Gasteiger partial charge < -0.3 is 10.1 Å². The van der Waals surface area contributed by atoms with Crippen molar-refractivity contribution >= 4 is 17.7 Å². The second kappa shape index (κ2) is 5.15. The number of nitriles is 1. The summed E-state index contributed by atoms with van der Waals surface area (Å²) in [5.41, 5.74) is 0.279. The second-order valence-corrected chi connectivity index (χ2v) is 4.96. The lowest BCUT2D eigenvalue weighted by Gasteiger charge is -2.28. The molecule has 19 heavy (non-hydrogen) atoms. The number of rotatable bonds is 3. The molecule has 1 aromatic carbocycles. The van der Waals surface area contributed by atoms with Crippen molar-refractivity contribution in [3.05, 3.63) is 35.9 Å². The van der Waals surface area contributed by atoms with Gasteiger partial charge in [-0.15, -0.1) is 0 Å². The summed E-state index contributed by atoms with van der Waals surface area (Å²) in [6.07, 6.45) is 3.32. The fourth-order valence-electron chi connectivity index (χ4n) is 1.81. The first-order valence-corrected chi connectivity index (χ1v) is 6.22. The molecule has 0 aromatic heterocycles. The Morgan fingerprint density at radius 3 is 2.89 bits per heavy atom. The van der Waals surface area contributed by atoms with Crippen molar-refractivity contribution in [3.63, 3.8) is 0 Å². The van der Waals surface area contributed by atoms with Gasteiger partial charge in [-0.3, -0.25) is 0 Å². The monoisotopic (exact) mass is 256 g/mol. The first-order chi connectivity index (χ1) is 9.07. The molecule has 4 nitrogen and oxygen atoms in total. The molecular weight excluding hydrogens is 240 g/mol. The van der Waals surface area contributed by atoms with Crippen LogP contribution in [0.5, 0.6) is 0 Å². The molecule has 4 heteroatoms. The molecule has 1 heterocycles. The van der Waals surface area contributed by atoms with E-state index in [0.29, 0.717) is 6.61 Å². The van der Waals surface area contributed by atoms with Crippen LogP contribution in [-0.4, -0.2) is 18.1 Å². The lowest BCUT2D eigenvalue weighted by molar-refractivity contribution is -0.146. The highest BCUT2D eigenvalue weighted by molar-refractivity contribution is 5.95. The predicted molar refractivity (Wildman–Crippen MR) is 73.2 cm³/mol. The fraction of sp³-hybridized carbons (Fsp3) is 0.333. The number of hydrogen-bond acceptors (Lipinski definition) is 4. The standard InChI is InChI=1S/C15H16N2O2/c1-11(2)9-19-14(18)15(10-16)8-7-12-5-3-4-6-13(12)17-15/h3-8,11,17H,9H2,1-2H3. The van der Waals surface area contributed by atoms with Gasteiger partial charge in [0.05, 0.1) is 6.61 Å². The minimum atomic E-state index is -1.43. The van der Waals surface area contributed by atoms with Gasteiger partial charge in [-0.05, 0) is 23.6 Å². The summed E-state index contributed by atoms with van der Waals surface area (Å²) in [5.74, 6) is -0.325. The molecule has 0 saturated heterocycles. The average Bonchev–Trinajstić information content (AvgIpc) is 2.44. The number of carbonyl (C=O) groups is 1. The topological polar surface area (TPSA) is 62.1 Å². The third-order valence-corrected chi connectivity index (χ3v) is 2.85. The van der Waals surface area contributed by atoms with Crippen LogP contribution < -0.4 is 5.32 Å². The fourth-order valence-corrected chi connectivity index (χ4v) is 1.81. The molecule has 0 radical (unpaired) electrons. The van der Waals surface area contributed by atoms with E-state index in [1.165, 1.54) is 0 Å². The van der Waals surface area contributed by atoms with Crippen LogP contribution in [0, 0.1) is 17.2 Å². The van der Waals surface area contributed by atoms with Crippen LogP contribution in [0.15, 0.2) is 30.3 Å². The van der Waals surface area contributed by atoms with E-state index in [-0.39, 0.29) is 5.92 Å². The summed E-state index contributed by atoms with van der Waals surface area (Å²) in [5, 5.41) is 12.3. The van der Waals surface area contributed by atoms with E-state index in [2.05, 4.69) is 5.32 Å². The highest BCUT2D eigenvalue weighted by atomic mass is 16.5. The summed E-state index contributed by atoms with van der Waals surface area (Å²) in [4.78, 5) is 12.1. The maximum absolute atomic E-state index is 12.1. The number of esters is 1. The molecule has 1 aromatic rings. The second-order valence-electron chi connectivity index (χ2n) is 4.96. The van der Waals surface area contributed by atoms with E-state index >= 15 is 0 Å². The smallest absolute Gasteiger partial charge is 0.351 e. The van der Waals surface area contributed by atoms with E-state index in [9.17, 15) is 10.1 Å². The molecule has 0 fully saturated rings. The number of anilines is 1. The number of benzene rings is 1. The molecule has 98 valence electrons. The van der Waals surface area contributed by atoms with Gasteiger partial charge in [0.25, 0.3) is 0 Å². The van der Waals surface area contributed by atoms with Gasteiger partial charge >= 0.3 is 5.97 Å². The van der Waals surface area contributed by atoms with Gasteiger partial charge in [0, 0.05) is 5.69 Å². The number of fused-ring (bicyclic) bond motifs is 1. The average molecular weight is 256 g/mol. The van der Waals surface area contributed by atoms with Crippen LogP contribution in [0.25, 0.3) is 6.08 Å². The summed E-state index contributed by atoms with van der Waals surface area (Å²) in [6.45, 7) is 4.21. The lowest BCUT2D eigenvalue weighted by Crippen LogP contribution is -2.46. The third kappa shape index (κ3) is 2.60. The van der Waals surface area contributed by atoms with Crippen LogP contribution in [-0.2, 0) is 9.53 Å². The number of hydrogen-bond donors (Lipinski definition) is 1. The van der Waals surface area contributed by atoms with Crippen LogP contribution in [0.3, 0.4) is 0 Å². The minimum absolute atomic E-state index is 0.236. The van der Waals surface area contributed by atoms with Crippen molar-refractivity contribution in [2.75, 3.05) is 11.9 Å². The van der Waals surface area contributed by atoms with E-state index in [1.54, 1.807) is 12.2 Å². The Morgan fingerprint density at radius 2 is 2.21 bits per heavy atom. The SMILES string of the molecule is CC(C)COC(=O)C1(C#N)C=Cc2ccccc2N1. The van der Waals surface area contributed by atoms with E-state index in [1.807, 2.05) is 44.2 Å². The number of nitrogens with zero attached hydrogens (tertiary/aromatic N) is 1. The maximum Gasteiger partial charge on any atom is 0.351 e. The molecule has 1 aliphatic heterocycles. The molecule has 0 bridgehead atoms. The molecule has 0 amide bonds. The van der Waals surface area contributed by atoms with Crippen molar-refractivity contribution in [2.45, 2.75) is 19.4 Å². The first kappa shape index (κ1) is 13.2. The molecule has 1 aliphatic rings. The Morgan fingerprint density at radius 1 is 1.47 bits per heavy atom. The Labute approximate surface area is 112 Å². The molecule has 0 spiro atoms. The summed E-state index contributed by atoms with van der Waals surface area (Å²) in [7, 11) is 0. The van der Waals surface area contributed by atoms with Gasteiger partial charge in [0.2, 0.25) is 5.54 Å². The number of nitrogens with one attached hydrogen (secondary N) is 1. The van der Waals surface area contributed by atoms with Gasteiger partial charge in [0.1, 0.15) is 6.07 Å². The van der Waals surface area contributed by atoms with Crippen LogP contribution in [0.1, 0.15) is 19.4 Å². The molecule has 2 rings (SSSR count). The summed E-state index contributed by atoms with van der Waals surface area (Å²) < 4.78 is 5.18. The van der Waals surface area contributed by atoms with Crippen molar-refractivity contribution in [3.8, 4) is 6.07 Å². The Bertz CT molecular complexity index is 558. The zero-order chi connectivity index (χ0) is 13.9. The normalized spacial score (nSPS) is 20.3. The van der Waals surface area contributed by atoms with Crippen LogP contribution in [0.2, 0.25) is 0 Å². The molecule has 0 saturated carbocycles. The van der Waals surface area contributed by atoms with Gasteiger partial charge in [0.15, 0.2) is 0 Å². The van der Waals surface area contributed by atoms with E-state index in [0.717, 1.165) is 11.3 Å². The van der Waals surface area contributed by atoms with Crippen LogP contribution >= 0.6 is 0 Å². The van der Waals surface area contributed by atoms with Gasteiger partial charge in [-0.1, -0.05) is 38.1 Å². The first-order valence-electron chi connectivity index (χ1n) is 6.22. The highest BCUT2D eigenvalue weighted by Crippen LogP contribution is 2.28. The molecule has 1 N–H and O–H groups in total. The van der Waals surface area contributed by atoms with Gasteiger partial charge in [-0.25, -0.2) is 4.79 Å². The quantitative estimate of drug-likeness (QED) is 0.844. The van der Waals surface area contributed by atoms with Crippen molar-refractivity contribution < 1.29 is 9.53 Å². The Kier molecular flexibility index (Phi) is 3.57. The molecular formula is C15H16N2O2. The third-order valence-electron chi connectivity index (χ3n) is 2.85. The van der Waals surface area contributed by atoms with Crippen LogP contribution in [0.4, 0.5) is 5.69 Å². The largest absolute Gasteiger partial charge is 0.463 e. The Balaban J connectivity index is 2.23. The zero-order valence-corrected chi connectivity index (χ0v) is 11.0. The highest BCUT2D eigenvalue weighted by Gasteiger charge is 2.40. The van der Waals surface area contributed by atoms with Crippen molar-refractivity contribution in [2.24, 2.45) is 5.92 Å². The molecule has 0 aliphatic carbocycles. The van der Waals surface area contributed by atoms with E-state index < -0.39 is 11.5 Å². The lowest BCUT2D eigenvalue weighted by atomic mass is 9.94. The van der Waals surface area contributed by atoms with E-state index in [4.69, 9.17) is 4.74 Å². The summed E-state index contributed by atoms with van der Waals surface area (Å²) >= 11 is 0. The minimum Gasteiger partial charge on any atom is -0.463 e. The molecule has 1 atom stereocenters. The molecule has 1 unspecified atom stereocenters. The number of para-hydroxylation sites is 1. The maximum atomic E-state index is 12.1. The van der Waals surface area contributed by atoms with Gasteiger partial charge in [-0.2, -0.15) is 5.26 Å². The predicted octanol–water partition coefficient (Wildman–Crippen LogP) is 2.59. The number of carbonyl (C=O) groups excluding carboxylic acids is 1. The van der Waals surface area contributed by atoms with Crippen molar-refractivity contribution in [1.82, 2.24) is 0 Å². The Hall–Kier alpha value is -2.28. The summed E-state index contributed by atoms with van der Waals surface area (Å²) in [6, 6.07) is 9.52. The zero-order valence-electron chi connectivity index (χ0n) is 11.0. The number of ether oxygens (including phenoxy) is 1.